The lowest BCUT2D eigenvalue weighted by atomic mass is 10.1. The molecule has 134 valence electrons. The number of carbonyl (C=O) groups excluding carboxylic acids is 1. The number of rotatable bonds is 7. The summed E-state index contributed by atoms with van der Waals surface area (Å²) in [6, 6.07) is 20.8. The maximum Gasteiger partial charge on any atom is 0.221 e. The average Bonchev–Trinajstić information content (AvgIpc) is 2.65. The highest BCUT2D eigenvalue weighted by Gasteiger charge is 2.08. The highest BCUT2D eigenvalue weighted by Crippen LogP contribution is 2.25. The molecule has 26 heavy (non-hydrogen) atoms. The van der Waals surface area contributed by atoms with E-state index in [1.54, 1.807) is 24.3 Å². The molecule has 1 atom stereocenters. The minimum atomic E-state index is -0.760. The fourth-order valence-electron chi connectivity index (χ4n) is 2.59. The van der Waals surface area contributed by atoms with Crippen LogP contribution in [-0.4, -0.2) is 30.3 Å². The quantitative estimate of drug-likeness (QED) is 0.682. The van der Waals surface area contributed by atoms with Gasteiger partial charge in [-0.1, -0.05) is 36.4 Å². The highest BCUT2D eigenvalue weighted by atomic mass is 16.5. The predicted molar refractivity (Wildman–Crippen MR) is 102 cm³/mol. The Labute approximate surface area is 152 Å². The maximum absolute atomic E-state index is 11.0. The number of hydrogen-bond acceptors (Lipinski definition) is 4. The van der Waals surface area contributed by atoms with E-state index < -0.39 is 6.10 Å². The van der Waals surface area contributed by atoms with Gasteiger partial charge in [0.15, 0.2) is 0 Å². The van der Waals surface area contributed by atoms with Gasteiger partial charge in [0.05, 0.1) is 0 Å². The minimum Gasteiger partial charge on any atom is -0.491 e. The largest absolute Gasteiger partial charge is 0.491 e. The average molecular weight is 351 g/mol. The number of aliphatic hydroxyl groups excluding tert-OH is 1. The summed E-state index contributed by atoms with van der Waals surface area (Å²) in [6.07, 6.45) is -0.760. The molecule has 0 heterocycles. The third-order valence-corrected chi connectivity index (χ3v) is 3.80. The van der Waals surface area contributed by atoms with Crippen LogP contribution in [0.3, 0.4) is 0 Å². The van der Waals surface area contributed by atoms with Crippen LogP contribution in [0.15, 0.2) is 66.7 Å². The number of amides is 1. The molecule has 5 heteroatoms. The summed E-state index contributed by atoms with van der Waals surface area (Å²) in [5.74, 6) is 1.23. The Kier molecular flexibility index (Phi) is 5.71. The molecular formula is C21H21NO4. The van der Waals surface area contributed by atoms with E-state index in [1.165, 1.54) is 6.92 Å². The summed E-state index contributed by atoms with van der Waals surface area (Å²) in [4.78, 5) is 11.0. The first-order valence-corrected chi connectivity index (χ1v) is 8.41. The number of anilines is 1. The van der Waals surface area contributed by atoms with E-state index in [1.807, 2.05) is 42.5 Å². The van der Waals surface area contributed by atoms with E-state index in [-0.39, 0.29) is 19.1 Å². The van der Waals surface area contributed by atoms with Gasteiger partial charge < -0.3 is 19.9 Å². The van der Waals surface area contributed by atoms with E-state index in [9.17, 15) is 9.90 Å². The predicted octanol–water partition coefficient (Wildman–Crippen LogP) is 3.62. The summed E-state index contributed by atoms with van der Waals surface area (Å²) >= 11 is 0. The topological polar surface area (TPSA) is 67.8 Å². The fourth-order valence-corrected chi connectivity index (χ4v) is 2.59. The first kappa shape index (κ1) is 17.8. The van der Waals surface area contributed by atoms with Crippen molar-refractivity contribution in [1.29, 1.82) is 0 Å². The highest BCUT2D eigenvalue weighted by molar-refractivity contribution is 5.89. The molecule has 0 aliphatic carbocycles. The van der Waals surface area contributed by atoms with Crippen molar-refractivity contribution >= 4 is 22.4 Å². The lowest BCUT2D eigenvalue weighted by Gasteiger charge is -2.15. The number of hydrogen-bond donors (Lipinski definition) is 2. The van der Waals surface area contributed by atoms with Crippen molar-refractivity contribution in [3.63, 3.8) is 0 Å². The second kappa shape index (κ2) is 8.36. The molecule has 0 spiro atoms. The van der Waals surface area contributed by atoms with Crippen LogP contribution in [0.25, 0.3) is 10.8 Å². The van der Waals surface area contributed by atoms with Gasteiger partial charge in [0, 0.05) is 18.0 Å². The van der Waals surface area contributed by atoms with Crippen molar-refractivity contribution in [1.82, 2.24) is 0 Å². The Morgan fingerprint density at radius 1 is 0.962 bits per heavy atom. The zero-order valence-corrected chi connectivity index (χ0v) is 14.5. The van der Waals surface area contributed by atoms with Gasteiger partial charge >= 0.3 is 0 Å². The third kappa shape index (κ3) is 4.74. The number of benzene rings is 3. The van der Waals surface area contributed by atoms with Gasteiger partial charge in [0.1, 0.15) is 30.8 Å². The van der Waals surface area contributed by atoms with E-state index in [2.05, 4.69) is 5.32 Å². The molecule has 5 nitrogen and oxygen atoms in total. The van der Waals surface area contributed by atoms with Gasteiger partial charge in [-0.15, -0.1) is 0 Å². The Morgan fingerprint density at radius 2 is 1.65 bits per heavy atom. The lowest BCUT2D eigenvalue weighted by Crippen LogP contribution is -2.25. The Hall–Kier alpha value is -3.05. The molecule has 1 amide bonds. The van der Waals surface area contributed by atoms with Crippen molar-refractivity contribution in [3.05, 3.63) is 66.7 Å². The van der Waals surface area contributed by atoms with Crippen LogP contribution in [0.4, 0.5) is 5.69 Å². The van der Waals surface area contributed by atoms with E-state index >= 15 is 0 Å². The molecule has 0 aliphatic rings. The number of fused-ring (bicyclic) bond motifs is 1. The Morgan fingerprint density at radius 3 is 2.42 bits per heavy atom. The summed E-state index contributed by atoms with van der Waals surface area (Å²) < 4.78 is 11.3. The molecule has 2 N–H and O–H groups in total. The molecule has 3 aromatic rings. The smallest absolute Gasteiger partial charge is 0.221 e. The van der Waals surface area contributed by atoms with Crippen LogP contribution in [0.1, 0.15) is 6.92 Å². The van der Waals surface area contributed by atoms with Gasteiger partial charge in [-0.3, -0.25) is 4.79 Å². The van der Waals surface area contributed by atoms with Crippen molar-refractivity contribution in [2.75, 3.05) is 18.5 Å². The van der Waals surface area contributed by atoms with Crippen molar-refractivity contribution in [2.45, 2.75) is 13.0 Å². The third-order valence-electron chi connectivity index (χ3n) is 3.80. The van der Waals surface area contributed by atoms with Crippen molar-refractivity contribution < 1.29 is 19.4 Å². The molecule has 0 saturated heterocycles. The van der Waals surface area contributed by atoms with Gasteiger partial charge in [-0.2, -0.15) is 0 Å². The SMILES string of the molecule is CC(=O)Nc1ccc(OC[C@@H](O)COc2cccc3ccccc23)cc1. The molecule has 0 saturated carbocycles. The van der Waals surface area contributed by atoms with Gasteiger partial charge in [-0.05, 0) is 35.7 Å². The van der Waals surface area contributed by atoms with Crippen molar-refractivity contribution in [3.8, 4) is 11.5 Å². The van der Waals surface area contributed by atoms with Crippen LogP contribution in [0.2, 0.25) is 0 Å². The van der Waals surface area contributed by atoms with E-state index in [0.29, 0.717) is 11.4 Å². The molecule has 3 rings (SSSR count). The molecule has 0 fully saturated rings. The second-order valence-corrected chi connectivity index (χ2v) is 5.96. The molecular weight excluding hydrogens is 330 g/mol. The minimum absolute atomic E-state index is 0.115. The summed E-state index contributed by atoms with van der Waals surface area (Å²) in [6.45, 7) is 1.71. The van der Waals surface area contributed by atoms with Crippen LogP contribution in [-0.2, 0) is 4.79 Å². The molecule has 0 aliphatic heterocycles. The normalized spacial score (nSPS) is 11.8. The zero-order chi connectivity index (χ0) is 18.4. The Balaban J connectivity index is 1.51. The van der Waals surface area contributed by atoms with Crippen LogP contribution >= 0.6 is 0 Å². The van der Waals surface area contributed by atoms with Gasteiger partial charge in [0.2, 0.25) is 5.91 Å². The first-order valence-electron chi connectivity index (χ1n) is 8.41. The molecule has 3 aromatic carbocycles. The Bertz CT molecular complexity index is 871. The van der Waals surface area contributed by atoms with E-state index in [4.69, 9.17) is 9.47 Å². The van der Waals surface area contributed by atoms with Crippen LogP contribution in [0, 0.1) is 0 Å². The van der Waals surface area contributed by atoms with E-state index in [0.717, 1.165) is 16.5 Å². The number of aliphatic hydroxyl groups is 1. The summed E-state index contributed by atoms with van der Waals surface area (Å²) in [5, 5.41) is 14.9. The van der Waals surface area contributed by atoms with Crippen LogP contribution in [0.5, 0.6) is 11.5 Å². The molecule has 0 unspecified atom stereocenters. The fraction of sp³-hybridized carbons (Fsp3) is 0.190. The molecule has 0 radical (unpaired) electrons. The number of carbonyl (C=O) groups is 1. The standard InChI is InChI=1S/C21H21NO4/c1-15(23)22-17-9-11-19(12-10-17)25-13-18(24)14-26-21-8-4-6-16-5-2-3-7-20(16)21/h2-12,18,24H,13-14H2,1H3,(H,22,23)/t18-/m1/s1. The molecule has 0 bridgehead atoms. The summed E-state index contributed by atoms with van der Waals surface area (Å²) in [5.41, 5.74) is 0.699. The van der Waals surface area contributed by atoms with Gasteiger partial charge in [0.25, 0.3) is 0 Å². The second-order valence-electron chi connectivity index (χ2n) is 5.96. The van der Waals surface area contributed by atoms with Crippen LogP contribution < -0.4 is 14.8 Å². The van der Waals surface area contributed by atoms with Gasteiger partial charge in [-0.25, -0.2) is 0 Å². The maximum atomic E-state index is 11.0. The summed E-state index contributed by atoms with van der Waals surface area (Å²) in [7, 11) is 0. The van der Waals surface area contributed by atoms with Crippen molar-refractivity contribution in [2.24, 2.45) is 0 Å². The number of ether oxygens (including phenoxy) is 2. The molecule has 0 aromatic heterocycles. The monoisotopic (exact) mass is 351 g/mol. The lowest BCUT2D eigenvalue weighted by molar-refractivity contribution is -0.114. The number of nitrogens with one attached hydrogen (secondary N) is 1. The first-order chi connectivity index (χ1) is 12.6. The zero-order valence-electron chi connectivity index (χ0n) is 14.5.